The molecule has 6 nitrogen and oxygen atoms in total. The molecule has 1 saturated heterocycles. The Morgan fingerprint density at radius 2 is 1.90 bits per heavy atom. The third kappa shape index (κ3) is 2.61. The van der Waals surface area contributed by atoms with Crippen LogP contribution in [0.3, 0.4) is 0 Å². The van der Waals surface area contributed by atoms with Gasteiger partial charge in [-0.25, -0.2) is 9.18 Å². The molecule has 0 radical (unpaired) electrons. The van der Waals surface area contributed by atoms with Crippen LogP contribution in [-0.2, 0) is 4.79 Å². The average Bonchev–Trinajstić information content (AvgIpc) is 2.86. The van der Waals surface area contributed by atoms with Crippen molar-refractivity contribution < 1.29 is 23.9 Å². The maximum Gasteiger partial charge on any atom is 0.326 e. The molecule has 2 rings (SSSR count). The fourth-order valence-electron chi connectivity index (χ4n) is 2.29. The van der Waals surface area contributed by atoms with Gasteiger partial charge in [0, 0.05) is 17.7 Å². The molecule has 0 saturated carbocycles. The molecule has 1 unspecified atom stereocenters. The molecule has 1 aromatic rings. The number of hydrogen-bond acceptors (Lipinski definition) is 3. The van der Waals surface area contributed by atoms with Crippen LogP contribution in [0, 0.1) is 5.82 Å². The number of nitrogens with zero attached hydrogens (tertiary/aromatic N) is 1. The minimum Gasteiger partial charge on any atom is -0.480 e. The van der Waals surface area contributed by atoms with Crippen LogP contribution in [0.1, 0.15) is 33.6 Å². The number of hydrogen-bond donors (Lipinski definition) is 2. The number of likely N-dealkylation sites (tertiary alicyclic amines) is 1. The highest BCUT2D eigenvalue weighted by Gasteiger charge is 2.34. The Hall–Kier alpha value is -2.44. The summed E-state index contributed by atoms with van der Waals surface area (Å²) in [5.74, 6) is -3.33. The molecule has 1 atom stereocenters. The van der Waals surface area contributed by atoms with Crippen LogP contribution in [0.2, 0.25) is 0 Å². The summed E-state index contributed by atoms with van der Waals surface area (Å²) in [6, 6.07) is 2.15. The lowest BCUT2D eigenvalue weighted by Gasteiger charge is -2.21. The summed E-state index contributed by atoms with van der Waals surface area (Å²) in [7, 11) is 0. The molecule has 20 heavy (non-hydrogen) atoms. The van der Waals surface area contributed by atoms with Crippen molar-refractivity contribution >= 4 is 17.8 Å². The van der Waals surface area contributed by atoms with Crippen LogP contribution in [0.4, 0.5) is 4.39 Å². The van der Waals surface area contributed by atoms with Crippen LogP contribution >= 0.6 is 0 Å². The van der Waals surface area contributed by atoms with Gasteiger partial charge in [0.15, 0.2) is 0 Å². The quantitative estimate of drug-likeness (QED) is 0.847. The fraction of sp³-hybridized carbons (Fsp3) is 0.308. The van der Waals surface area contributed by atoms with Gasteiger partial charge in [-0.3, -0.25) is 9.59 Å². The Morgan fingerprint density at radius 3 is 2.50 bits per heavy atom. The van der Waals surface area contributed by atoms with E-state index < -0.39 is 29.6 Å². The molecule has 0 spiro atoms. The second-order valence-corrected chi connectivity index (χ2v) is 4.59. The van der Waals surface area contributed by atoms with E-state index in [4.69, 9.17) is 10.8 Å². The first-order valence-electron chi connectivity index (χ1n) is 6.04. The van der Waals surface area contributed by atoms with E-state index in [9.17, 15) is 18.8 Å². The zero-order chi connectivity index (χ0) is 14.9. The predicted molar refractivity (Wildman–Crippen MR) is 66.6 cm³/mol. The lowest BCUT2D eigenvalue weighted by Crippen LogP contribution is -2.40. The third-order valence-corrected chi connectivity index (χ3v) is 3.23. The second kappa shape index (κ2) is 5.28. The van der Waals surface area contributed by atoms with Gasteiger partial charge in [0.25, 0.3) is 5.91 Å². The summed E-state index contributed by atoms with van der Waals surface area (Å²) < 4.78 is 13.4. The number of nitrogens with two attached hydrogens (primary N) is 1. The normalized spacial score (nSPS) is 18.1. The molecule has 1 heterocycles. The van der Waals surface area contributed by atoms with Crippen LogP contribution in [-0.4, -0.2) is 40.4 Å². The number of rotatable bonds is 3. The summed E-state index contributed by atoms with van der Waals surface area (Å²) in [6.45, 7) is 0.290. The molecule has 7 heteroatoms. The Kier molecular flexibility index (Phi) is 3.69. The van der Waals surface area contributed by atoms with E-state index in [1.54, 1.807) is 0 Å². The molecule has 0 aliphatic carbocycles. The smallest absolute Gasteiger partial charge is 0.326 e. The standard InChI is InChI=1S/C13H13FN2O4/c14-9-5-7(11(15)17)4-8(6-9)12(18)16-3-1-2-10(16)13(19)20/h4-6,10H,1-3H2,(H2,15,17)(H,19,20). The average molecular weight is 280 g/mol. The van der Waals surface area contributed by atoms with Gasteiger partial charge < -0.3 is 15.7 Å². The molecule has 3 N–H and O–H groups in total. The lowest BCUT2D eigenvalue weighted by atomic mass is 10.1. The first-order valence-corrected chi connectivity index (χ1v) is 6.04. The van der Waals surface area contributed by atoms with Crippen LogP contribution in [0.5, 0.6) is 0 Å². The van der Waals surface area contributed by atoms with Crippen LogP contribution in [0.15, 0.2) is 18.2 Å². The van der Waals surface area contributed by atoms with Gasteiger partial charge in [-0.15, -0.1) is 0 Å². The van der Waals surface area contributed by atoms with Gasteiger partial charge >= 0.3 is 5.97 Å². The van der Waals surface area contributed by atoms with Crippen molar-refractivity contribution in [3.8, 4) is 0 Å². The summed E-state index contributed by atoms with van der Waals surface area (Å²) in [5.41, 5.74) is 4.85. The molecule has 0 aromatic heterocycles. The van der Waals surface area contributed by atoms with E-state index in [0.717, 1.165) is 12.1 Å². The van der Waals surface area contributed by atoms with Gasteiger partial charge in [0.05, 0.1) is 0 Å². The highest BCUT2D eigenvalue weighted by atomic mass is 19.1. The third-order valence-electron chi connectivity index (χ3n) is 3.23. The Morgan fingerprint density at radius 1 is 1.25 bits per heavy atom. The molecule has 0 bridgehead atoms. The highest BCUT2D eigenvalue weighted by molar-refractivity contribution is 6.00. The van der Waals surface area contributed by atoms with Gasteiger partial charge in [-0.2, -0.15) is 0 Å². The number of carbonyl (C=O) groups excluding carboxylic acids is 2. The largest absolute Gasteiger partial charge is 0.480 e. The topological polar surface area (TPSA) is 101 Å². The molecule has 2 amide bonds. The van der Waals surface area contributed by atoms with Gasteiger partial charge in [-0.05, 0) is 31.0 Å². The van der Waals surface area contributed by atoms with E-state index in [1.807, 2.05) is 0 Å². The molecule has 106 valence electrons. The Bertz CT molecular complexity index is 588. The zero-order valence-corrected chi connectivity index (χ0v) is 10.5. The van der Waals surface area contributed by atoms with Crippen molar-refractivity contribution in [2.24, 2.45) is 5.73 Å². The monoisotopic (exact) mass is 280 g/mol. The van der Waals surface area contributed by atoms with E-state index in [1.165, 1.54) is 11.0 Å². The number of amides is 2. The molecule has 1 aromatic carbocycles. The summed E-state index contributed by atoms with van der Waals surface area (Å²) in [6.07, 6.45) is 0.930. The van der Waals surface area contributed by atoms with Crippen molar-refractivity contribution in [3.63, 3.8) is 0 Å². The van der Waals surface area contributed by atoms with Crippen molar-refractivity contribution in [3.05, 3.63) is 35.1 Å². The van der Waals surface area contributed by atoms with Crippen molar-refractivity contribution in [1.29, 1.82) is 0 Å². The van der Waals surface area contributed by atoms with Gasteiger partial charge in [-0.1, -0.05) is 0 Å². The number of primary amides is 1. The number of halogens is 1. The van der Waals surface area contributed by atoms with E-state index in [0.29, 0.717) is 12.8 Å². The summed E-state index contributed by atoms with van der Waals surface area (Å²) in [5, 5.41) is 9.03. The molecular weight excluding hydrogens is 267 g/mol. The molecule has 1 aliphatic rings. The number of carboxylic acids is 1. The first kappa shape index (κ1) is 14.0. The lowest BCUT2D eigenvalue weighted by molar-refractivity contribution is -0.141. The molecule has 1 aliphatic heterocycles. The highest BCUT2D eigenvalue weighted by Crippen LogP contribution is 2.21. The Labute approximate surface area is 114 Å². The zero-order valence-electron chi connectivity index (χ0n) is 10.5. The number of carboxylic acid groups (broad SMARTS) is 1. The number of aliphatic carboxylic acids is 1. The fourth-order valence-corrected chi connectivity index (χ4v) is 2.29. The minimum absolute atomic E-state index is 0.0769. The summed E-state index contributed by atoms with van der Waals surface area (Å²) >= 11 is 0. The SMILES string of the molecule is NC(=O)c1cc(F)cc(C(=O)N2CCCC2C(=O)O)c1. The van der Waals surface area contributed by atoms with Crippen LogP contribution in [0.25, 0.3) is 0 Å². The van der Waals surface area contributed by atoms with Gasteiger partial charge in [0.1, 0.15) is 11.9 Å². The van der Waals surface area contributed by atoms with Gasteiger partial charge in [0.2, 0.25) is 5.91 Å². The predicted octanol–water partition coefficient (Wildman–Crippen LogP) is 0.614. The van der Waals surface area contributed by atoms with E-state index >= 15 is 0 Å². The summed E-state index contributed by atoms with van der Waals surface area (Å²) in [4.78, 5) is 35.5. The first-order chi connectivity index (χ1) is 9.40. The van der Waals surface area contributed by atoms with Crippen molar-refractivity contribution in [2.75, 3.05) is 6.54 Å². The minimum atomic E-state index is -1.10. The van der Waals surface area contributed by atoms with Crippen molar-refractivity contribution in [2.45, 2.75) is 18.9 Å². The van der Waals surface area contributed by atoms with E-state index in [2.05, 4.69) is 0 Å². The number of carbonyl (C=O) groups is 3. The second-order valence-electron chi connectivity index (χ2n) is 4.59. The Balaban J connectivity index is 2.33. The van der Waals surface area contributed by atoms with Crippen LogP contribution < -0.4 is 5.73 Å². The number of benzene rings is 1. The van der Waals surface area contributed by atoms with Crippen molar-refractivity contribution in [1.82, 2.24) is 4.90 Å². The molecule has 1 fully saturated rings. The maximum atomic E-state index is 13.4. The molecular formula is C13H13FN2O4. The van der Waals surface area contributed by atoms with E-state index in [-0.39, 0.29) is 17.7 Å². The maximum absolute atomic E-state index is 13.4.